The molecule has 4 rings (SSSR count). The number of amides is 2. The molecular formula is C23H19N3O3. The van der Waals surface area contributed by atoms with E-state index < -0.39 is 5.91 Å². The zero-order valence-electron chi connectivity index (χ0n) is 15.5. The molecule has 4 aromatic rings. The lowest BCUT2D eigenvalue weighted by molar-refractivity contribution is -0.115. The Kier molecular flexibility index (Phi) is 5.09. The van der Waals surface area contributed by atoms with E-state index in [1.807, 2.05) is 30.5 Å². The molecule has 0 saturated carbocycles. The molecule has 0 saturated heterocycles. The zero-order chi connectivity index (χ0) is 20.2. The van der Waals surface area contributed by atoms with Crippen molar-refractivity contribution in [3.63, 3.8) is 0 Å². The number of rotatable bonds is 5. The quantitative estimate of drug-likeness (QED) is 0.307. The van der Waals surface area contributed by atoms with Crippen molar-refractivity contribution in [1.29, 1.82) is 0 Å². The molecule has 0 radical (unpaired) electrons. The Labute approximate surface area is 167 Å². The minimum atomic E-state index is -0.601. The summed E-state index contributed by atoms with van der Waals surface area (Å²) in [6, 6.07) is 22.5. The average molecular weight is 385 g/mol. The normalized spacial score (nSPS) is 10.7. The van der Waals surface area contributed by atoms with Crippen LogP contribution in [0.5, 0.6) is 0 Å². The van der Waals surface area contributed by atoms with Crippen LogP contribution in [-0.2, 0) is 11.2 Å². The highest BCUT2D eigenvalue weighted by Gasteiger charge is 2.11. The van der Waals surface area contributed by atoms with Crippen molar-refractivity contribution in [1.82, 2.24) is 10.5 Å². The first kappa shape index (κ1) is 18.5. The van der Waals surface area contributed by atoms with Crippen LogP contribution in [0.1, 0.15) is 15.9 Å². The van der Waals surface area contributed by atoms with Gasteiger partial charge < -0.3 is 10.3 Å². The first-order valence-electron chi connectivity index (χ1n) is 9.14. The van der Waals surface area contributed by atoms with Gasteiger partial charge in [0.15, 0.2) is 0 Å². The Balaban J connectivity index is 1.51. The van der Waals surface area contributed by atoms with Gasteiger partial charge in [0.25, 0.3) is 5.91 Å². The molecule has 0 atom stereocenters. The monoisotopic (exact) mass is 385 g/mol. The van der Waals surface area contributed by atoms with Crippen LogP contribution in [0.2, 0.25) is 0 Å². The fraction of sp³-hybridized carbons (Fsp3) is 0.0435. The smallest absolute Gasteiger partial charge is 0.274 e. The van der Waals surface area contributed by atoms with Gasteiger partial charge in [-0.2, -0.15) is 0 Å². The van der Waals surface area contributed by atoms with Crippen molar-refractivity contribution in [2.45, 2.75) is 6.42 Å². The molecule has 0 unspecified atom stereocenters. The maximum Gasteiger partial charge on any atom is 0.274 e. The molecule has 0 aliphatic carbocycles. The third kappa shape index (κ3) is 4.02. The van der Waals surface area contributed by atoms with E-state index in [4.69, 9.17) is 5.21 Å². The number of nitrogens with one attached hydrogen (secondary N) is 3. The van der Waals surface area contributed by atoms with Crippen molar-refractivity contribution >= 4 is 28.4 Å². The number of aromatic amines is 1. The number of fused-ring (bicyclic) bond motifs is 1. The molecule has 0 spiro atoms. The number of hydrogen-bond donors (Lipinski definition) is 4. The van der Waals surface area contributed by atoms with Gasteiger partial charge >= 0.3 is 0 Å². The molecule has 0 fully saturated rings. The summed E-state index contributed by atoms with van der Waals surface area (Å²) in [5.74, 6) is -0.758. The van der Waals surface area contributed by atoms with Gasteiger partial charge in [-0.3, -0.25) is 14.8 Å². The van der Waals surface area contributed by atoms with Crippen LogP contribution in [0, 0.1) is 0 Å². The zero-order valence-corrected chi connectivity index (χ0v) is 15.5. The van der Waals surface area contributed by atoms with Crippen LogP contribution in [0.4, 0.5) is 5.69 Å². The van der Waals surface area contributed by atoms with Crippen molar-refractivity contribution in [3.8, 4) is 11.1 Å². The van der Waals surface area contributed by atoms with Gasteiger partial charge in [0.2, 0.25) is 5.91 Å². The summed E-state index contributed by atoms with van der Waals surface area (Å²) < 4.78 is 0. The van der Waals surface area contributed by atoms with Gasteiger partial charge in [0.1, 0.15) is 0 Å². The summed E-state index contributed by atoms with van der Waals surface area (Å²) >= 11 is 0. The molecule has 6 nitrogen and oxygen atoms in total. The van der Waals surface area contributed by atoms with Crippen molar-refractivity contribution in [2.75, 3.05) is 5.32 Å². The third-order valence-corrected chi connectivity index (χ3v) is 4.76. The molecule has 6 heteroatoms. The molecule has 4 N–H and O–H groups in total. The standard InChI is InChI=1S/C23H19N3O3/c27-22(25-19-9-6-16(7-10-19)23(28)26-29)13-18-14-24-21-11-8-17(12-20(18)21)15-4-2-1-3-5-15/h1-12,14,24,29H,13H2,(H,25,27)(H,26,28). The maximum atomic E-state index is 12.5. The highest BCUT2D eigenvalue weighted by Crippen LogP contribution is 2.26. The van der Waals surface area contributed by atoms with Gasteiger partial charge in [0.05, 0.1) is 6.42 Å². The van der Waals surface area contributed by atoms with E-state index in [1.54, 1.807) is 17.6 Å². The lowest BCUT2D eigenvalue weighted by Crippen LogP contribution is -2.18. The lowest BCUT2D eigenvalue weighted by Gasteiger charge is -2.07. The first-order valence-corrected chi connectivity index (χ1v) is 9.14. The Hall–Kier alpha value is -3.90. The van der Waals surface area contributed by atoms with E-state index in [0.717, 1.165) is 27.6 Å². The molecule has 144 valence electrons. The van der Waals surface area contributed by atoms with Crippen LogP contribution in [0.25, 0.3) is 22.0 Å². The molecule has 3 aromatic carbocycles. The molecule has 0 aliphatic rings. The number of carbonyl (C=O) groups is 2. The predicted octanol–water partition coefficient (Wildman–Crippen LogP) is 4.14. The minimum Gasteiger partial charge on any atom is -0.361 e. The largest absolute Gasteiger partial charge is 0.361 e. The highest BCUT2D eigenvalue weighted by atomic mass is 16.5. The van der Waals surface area contributed by atoms with Crippen molar-refractivity contribution in [3.05, 3.63) is 90.1 Å². The van der Waals surface area contributed by atoms with Gasteiger partial charge in [-0.1, -0.05) is 36.4 Å². The topological polar surface area (TPSA) is 94.2 Å². The number of H-pyrrole nitrogens is 1. The van der Waals surface area contributed by atoms with E-state index in [2.05, 4.69) is 34.6 Å². The second-order valence-corrected chi connectivity index (χ2v) is 6.68. The number of aromatic nitrogens is 1. The summed E-state index contributed by atoms with van der Waals surface area (Å²) in [5, 5.41) is 12.5. The molecule has 29 heavy (non-hydrogen) atoms. The average Bonchev–Trinajstić information content (AvgIpc) is 3.16. The number of benzene rings is 3. The van der Waals surface area contributed by atoms with Crippen molar-refractivity contribution < 1.29 is 14.8 Å². The van der Waals surface area contributed by atoms with Gasteiger partial charge in [0, 0.05) is 28.4 Å². The third-order valence-electron chi connectivity index (χ3n) is 4.76. The summed E-state index contributed by atoms with van der Waals surface area (Å²) in [6.45, 7) is 0. The summed E-state index contributed by atoms with van der Waals surface area (Å²) in [5.41, 5.74) is 6.56. The molecular weight excluding hydrogens is 366 g/mol. The second kappa shape index (κ2) is 8.00. The van der Waals surface area contributed by atoms with Crippen LogP contribution in [0.3, 0.4) is 0 Å². The summed E-state index contributed by atoms with van der Waals surface area (Å²) in [4.78, 5) is 27.1. The predicted molar refractivity (Wildman–Crippen MR) is 112 cm³/mol. The Morgan fingerprint density at radius 2 is 1.66 bits per heavy atom. The van der Waals surface area contributed by atoms with Gasteiger partial charge in [-0.05, 0) is 53.1 Å². The number of hydrogen-bond acceptors (Lipinski definition) is 3. The van der Waals surface area contributed by atoms with Gasteiger partial charge in [-0.25, -0.2) is 5.48 Å². The van der Waals surface area contributed by atoms with Gasteiger partial charge in [-0.15, -0.1) is 0 Å². The molecule has 0 aliphatic heterocycles. The first-order chi connectivity index (χ1) is 14.1. The Morgan fingerprint density at radius 1 is 0.897 bits per heavy atom. The summed E-state index contributed by atoms with van der Waals surface area (Å²) in [7, 11) is 0. The van der Waals surface area contributed by atoms with Crippen LogP contribution in [-0.4, -0.2) is 22.0 Å². The maximum absolute atomic E-state index is 12.5. The van der Waals surface area contributed by atoms with E-state index in [0.29, 0.717) is 11.3 Å². The minimum absolute atomic E-state index is 0.157. The summed E-state index contributed by atoms with van der Waals surface area (Å²) in [6.07, 6.45) is 2.07. The van der Waals surface area contributed by atoms with E-state index >= 15 is 0 Å². The number of carbonyl (C=O) groups excluding carboxylic acids is 2. The molecule has 1 heterocycles. The number of anilines is 1. The number of hydroxylamine groups is 1. The van der Waals surface area contributed by atoms with E-state index in [-0.39, 0.29) is 12.3 Å². The molecule has 1 aromatic heterocycles. The SMILES string of the molecule is O=C(Cc1c[nH]c2ccc(-c3ccccc3)cc12)Nc1ccc(C(=O)NO)cc1. The van der Waals surface area contributed by atoms with Crippen LogP contribution in [0.15, 0.2) is 79.0 Å². The Morgan fingerprint density at radius 3 is 2.38 bits per heavy atom. The van der Waals surface area contributed by atoms with Crippen molar-refractivity contribution in [2.24, 2.45) is 0 Å². The van der Waals surface area contributed by atoms with Crippen LogP contribution >= 0.6 is 0 Å². The van der Waals surface area contributed by atoms with Crippen LogP contribution < -0.4 is 10.8 Å². The lowest BCUT2D eigenvalue weighted by atomic mass is 10.0. The fourth-order valence-corrected chi connectivity index (χ4v) is 3.28. The Bertz CT molecular complexity index is 1170. The molecule has 0 bridgehead atoms. The highest BCUT2D eigenvalue weighted by molar-refractivity contribution is 5.98. The fourth-order valence-electron chi connectivity index (χ4n) is 3.28. The van der Waals surface area contributed by atoms with E-state index in [9.17, 15) is 9.59 Å². The molecule has 2 amide bonds. The van der Waals surface area contributed by atoms with E-state index in [1.165, 1.54) is 12.1 Å². The second-order valence-electron chi connectivity index (χ2n) is 6.68.